The molecule has 0 amide bonds. The minimum Gasteiger partial charge on any atom is -0.378 e. The standard InChI is InChI=1S/C15H25N3O/c1-4-19-14-8-13(15(14)6-5-7-15)16-9-12-10-17-18(3)11(12)2/h10,13-14,16H,4-9H2,1-3H3. The zero-order valence-corrected chi connectivity index (χ0v) is 12.3. The Balaban J connectivity index is 1.58. The van der Waals surface area contributed by atoms with Crippen LogP contribution < -0.4 is 5.32 Å². The summed E-state index contributed by atoms with van der Waals surface area (Å²) in [7, 11) is 2.00. The van der Waals surface area contributed by atoms with Gasteiger partial charge in [-0.1, -0.05) is 6.42 Å². The van der Waals surface area contributed by atoms with E-state index < -0.39 is 0 Å². The molecule has 106 valence electrons. The molecule has 3 rings (SSSR count). The molecule has 2 unspecified atom stereocenters. The molecule has 1 spiro atoms. The van der Waals surface area contributed by atoms with Crippen LogP contribution in [0.25, 0.3) is 0 Å². The van der Waals surface area contributed by atoms with Gasteiger partial charge in [-0.15, -0.1) is 0 Å². The van der Waals surface area contributed by atoms with Gasteiger partial charge in [0.25, 0.3) is 0 Å². The summed E-state index contributed by atoms with van der Waals surface area (Å²) < 4.78 is 7.83. The normalized spacial score (nSPS) is 28.2. The van der Waals surface area contributed by atoms with E-state index in [1.807, 2.05) is 17.9 Å². The van der Waals surface area contributed by atoms with E-state index in [9.17, 15) is 0 Å². The lowest BCUT2D eigenvalue weighted by molar-refractivity contribution is -0.173. The van der Waals surface area contributed by atoms with Gasteiger partial charge in [0.15, 0.2) is 0 Å². The van der Waals surface area contributed by atoms with Gasteiger partial charge in [0.1, 0.15) is 0 Å². The molecule has 0 aliphatic heterocycles. The smallest absolute Gasteiger partial charge is 0.0661 e. The van der Waals surface area contributed by atoms with E-state index in [0.29, 0.717) is 17.6 Å². The van der Waals surface area contributed by atoms with E-state index in [4.69, 9.17) is 4.74 Å². The van der Waals surface area contributed by atoms with Crippen LogP contribution in [0.2, 0.25) is 0 Å². The van der Waals surface area contributed by atoms with Crippen molar-refractivity contribution in [3.63, 3.8) is 0 Å². The van der Waals surface area contributed by atoms with Crippen LogP contribution in [0.1, 0.15) is 43.9 Å². The first-order valence-electron chi connectivity index (χ1n) is 7.50. The van der Waals surface area contributed by atoms with Crippen molar-refractivity contribution in [1.29, 1.82) is 0 Å². The van der Waals surface area contributed by atoms with Crippen LogP contribution in [-0.4, -0.2) is 28.5 Å². The van der Waals surface area contributed by atoms with Gasteiger partial charge in [-0.25, -0.2) is 0 Å². The average Bonchev–Trinajstić information content (AvgIpc) is 2.62. The molecule has 4 nitrogen and oxygen atoms in total. The molecule has 2 aliphatic rings. The van der Waals surface area contributed by atoms with Crippen molar-refractivity contribution in [3.05, 3.63) is 17.5 Å². The Morgan fingerprint density at radius 1 is 1.53 bits per heavy atom. The highest BCUT2D eigenvalue weighted by atomic mass is 16.5. The first kappa shape index (κ1) is 13.1. The average molecular weight is 263 g/mol. The van der Waals surface area contributed by atoms with Crippen molar-refractivity contribution in [2.45, 2.75) is 58.2 Å². The molecule has 0 bridgehead atoms. The predicted octanol–water partition coefficient (Wildman–Crippen LogP) is 2.17. The van der Waals surface area contributed by atoms with Crippen molar-refractivity contribution in [2.75, 3.05) is 6.61 Å². The number of hydrogen-bond acceptors (Lipinski definition) is 3. The van der Waals surface area contributed by atoms with E-state index in [1.165, 1.54) is 36.9 Å². The first-order chi connectivity index (χ1) is 9.17. The van der Waals surface area contributed by atoms with Crippen LogP contribution in [-0.2, 0) is 18.3 Å². The zero-order valence-electron chi connectivity index (χ0n) is 12.3. The third kappa shape index (κ3) is 2.01. The van der Waals surface area contributed by atoms with Gasteiger partial charge in [0.2, 0.25) is 0 Å². The molecule has 2 fully saturated rings. The first-order valence-corrected chi connectivity index (χ1v) is 7.50. The lowest BCUT2D eigenvalue weighted by Gasteiger charge is -2.61. The minimum atomic E-state index is 0.451. The molecule has 1 N–H and O–H groups in total. The van der Waals surface area contributed by atoms with E-state index in [-0.39, 0.29) is 0 Å². The number of hydrogen-bond donors (Lipinski definition) is 1. The quantitative estimate of drug-likeness (QED) is 0.885. The van der Waals surface area contributed by atoms with Gasteiger partial charge in [-0.2, -0.15) is 5.10 Å². The number of rotatable bonds is 5. The summed E-state index contributed by atoms with van der Waals surface area (Å²) in [6.45, 7) is 6.02. The lowest BCUT2D eigenvalue weighted by atomic mass is 9.51. The van der Waals surface area contributed by atoms with Crippen molar-refractivity contribution >= 4 is 0 Å². The molecule has 4 heteroatoms. The second kappa shape index (κ2) is 4.91. The number of aromatic nitrogens is 2. The molecular weight excluding hydrogens is 238 g/mol. The summed E-state index contributed by atoms with van der Waals surface area (Å²) in [5.41, 5.74) is 3.03. The summed E-state index contributed by atoms with van der Waals surface area (Å²) in [5.74, 6) is 0. The van der Waals surface area contributed by atoms with Crippen molar-refractivity contribution in [2.24, 2.45) is 12.5 Å². The third-order valence-electron chi connectivity index (χ3n) is 5.31. The second-order valence-corrected chi connectivity index (χ2v) is 6.08. The molecule has 0 radical (unpaired) electrons. The Bertz CT molecular complexity index is 450. The Kier molecular flexibility index (Phi) is 3.39. The van der Waals surface area contributed by atoms with Gasteiger partial charge >= 0.3 is 0 Å². The Hall–Kier alpha value is -0.870. The third-order valence-corrected chi connectivity index (χ3v) is 5.31. The Morgan fingerprint density at radius 2 is 2.32 bits per heavy atom. The van der Waals surface area contributed by atoms with E-state index in [1.54, 1.807) is 0 Å². The second-order valence-electron chi connectivity index (χ2n) is 6.08. The van der Waals surface area contributed by atoms with Crippen molar-refractivity contribution in [1.82, 2.24) is 15.1 Å². The van der Waals surface area contributed by atoms with E-state index in [0.717, 1.165) is 13.2 Å². The molecule has 19 heavy (non-hydrogen) atoms. The molecule has 1 aromatic heterocycles. The Morgan fingerprint density at radius 3 is 2.84 bits per heavy atom. The highest BCUT2D eigenvalue weighted by Gasteiger charge is 2.58. The van der Waals surface area contributed by atoms with E-state index >= 15 is 0 Å². The van der Waals surface area contributed by atoms with Crippen LogP contribution in [0.15, 0.2) is 6.20 Å². The van der Waals surface area contributed by atoms with Crippen LogP contribution in [0, 0.1) is 12.3 Å². The van der Waals surface area contributed by atoms with Gasteiger partial charge in [-0.3, -0.25) is 4.68 Å². The molecule has 2 aliphatic carbocycles. The van der Waals surface area contributed by atoms with Gasteiger partial charge in [-0.05, 0) is 33.1 Å². The summed E-state index contributed by atoms with van der Waals surface area (Å²) in [4.78, 5) is 0. The SMILES string of the molecule is CCOC1CC(NCc2cnn(C)c2C)C12CCC2. The fourth-order valence-electron chi connectivity index (χ4n) is 3.68. The zero-order chi connectivity index (χ0) is 13.5. The summed E-state index contributed by atoms with van der Waals surface area (Å²) >= 11 is 0. The molecule has 1 aromatic rings. The van der Waals surface area contributed by atoms with Crippen molar-refractivity contribution in [3.8, 4) is 0 Å². The fourth-order valence-corrected chi connectivity index (χ4v) is 3.68. The number of aryl methyl sites for hydroxylation is 1. The molecule has 1 heterocycles. The summed E-state index contributed by atoms with van der Waals surface area (Å²) in [6, 6.07) is 0.636. The Labute approximate surface area is 115 Å². The summed E-state index contributed by atoms with van der Waals surface area (Å²) in [6.07, 6.45) is 7.69. The molecular formula is C15H25N3O. The van der Waals surface area contributed by atoms with Crippen LogP contribution in [0.5, 0.6) is 0 Å². The number of nitrogens with one attached hydrogen (secondary N) is 1. The molecule has 0 aromatic carbocycles. The number of nitrogens with zero attached hydrogens (tertiary/aromatic N) is 2. The predicted molar refractivity (Wildman–Crippen MR) is 74.9 cm³/mol. The molecule has 2 saturated carbocycles. The van der Waals surface area contributed by atoms with Crippen LogP contribution in [0.3, 0.4) is 0 Å². The monoisotopic (exact) mass is 263 g/mol. The van der Waals surface area contributed by atoms with Crippen molar-refractivity contribution < 1.29 is 4.74 Å². The minimum absolute atomic E-state index is 0.451. The number of ether oxygens (including phenoxy) is 1. The van der Waals surface area contributed by atoms with E-state index in [2.05, 4.69) is 24.3 Å². The maximum atomic E-state index is 5.89. The van der Waals surface area contributed by atoms with Crippen LogP contribution in [0.4, 0.5) is 0 Å². The molecule has 0 saturated heterocycles. The topological polar surface area (TPSA) is 39.1 Å². The highest BCUT2D eigenvalue weighted by Crippen LogP contribution is 2.57. The highest BCUT2D eigenvalue weighted by molar-refractivity contribution is 5.17. The van der Waals surface area contributed by atoms with Crippen LogP contribution >= 0.6 is 0 Å². The summed E-state index contributed by atoms with van der Waals surface area (Å²) in [5, 5.41) is 8.04. The van der Waals surface area contributed by atoms with Gasteiger partial charge in [0.05, 0.1) is 12.3 Å². The van der Waals surface area contributed by atoms with Gasteiger partial charge < -0.3 is 10.1 Å². The molecule has 2 atom stereocenters. The van der Waals surface area contributed by atoms with Gasteiger partial charge in [0, 0.05) is 42.9 Å². The maximum absolute atomic E-state index is 5.89. The lowest BCUT2D eigenvalue weighted by Crippen LogP contribution is -2.66. The fraction of sp³-hybridized carbons (Fsp3) is 0.800. The maximum Gasteiger partial charge on any atom is 0.0661 e. The largest absolute Gasteiger partial charge is 0.378 e.